The summed E-state index contributed by atoms with van der Waals surface area (Å²) in [6, 6.07) is 8.09. The Labute approximate surface area is 155 Å². The fraction of sp³-hybridized carbons (Fsp3) is 0.353. The molecule has 8 heteroatoms. The first-order valence-corrected chi connectivity index (χ1v) is 9.52. The maximum absolute atomic E-state index is 5.63. The smallest absolute Gasteiger partial charge is 0.288 e. The molecule has 3 aromatic heterocycles. The van der Waals surface area contributed by atoms with Gasteiger partial charge in [-0.25, -0.2) is 4.68 Å². The zero-order valence-corrected chi connectivity index (χ0v) is 15.4. The molecule has 0 spiro atoms. The lowest BCUT2D eigenvalue weighted by Gasteiger charge is -2.34. The van der Waals surface area contributed by atoms with Crippen molar-refractivity contribution in [2.24, 2.45) is 0 Å². The fourth-order valence-corrected chi connectivity index (χ4v) is 3.75. The largest absolute Gasteiger partial charge is 0.408 e. The minimum Gasteiger partial charge on any atom is -0.408 e. The number of aromatic nitrogens is 3. The molecule has 0 aromatic carbocycles. The van der Waals surface area contributed by atoms with Crippen molar-refractivity contribution in [3.05, 3.63) is 52.4 Å². The predicted octanol–water partition coefficient (Wildman–Crippen LogP) is 3.10. The molecule has 3 aromatic rings. The summed E-state index contributed by atoms with van der Waals surface area (Å²) in [5.74, 6) is 0.607. The Morgan fingerprint density at radius 2 is 1.96 bits per heavy atom. The van der Waals surface area contributed by atoms with E-state index in [1.165, 1.54) is 5.56 Å². The van der Waals surface area contributed by atoms with Gasteiger partial charge in [0.25, 0.3) is 10.7 Å². The van der Waals surface area contributed by atoms with Crippen LogP contribution in [0.1, 0.15) is 5.56 Å². The van der Waals surface area contributed by atoms with Crippen molar-refractivity contribution in [1.29, 1.82) is 0 Å². The van der Waals surface area contributed by atoms with E-state index in [0.717, 1.165) is 37.6 Å². The molecule has 0 bridgehead atoms. The molecule has 4 heterocycles. The normalized spacial score (nSPS) is 16.3. The Morgan fingerprint density at radius 1 is 1.12 bits per heavy atom. The van der Waals surface area contributed by atoms with Crippen LogP contribution in [-0.2, 0) is 13.2 Å². The summed E-state index contributed by atoms with van der Waals surface area (Å²) in [7, 11) is 0. The first kappa shape index (κ1) is 16.6. The van der Waals surface area contributed by atoms with Crippen molar-refractivity contribution in [1.82, 2.24) is 24.6 Å². The molecular weight excluding hydrogens is 354 g/mol. The molecule has 1 fully saturated rings. The second kappa shape index (κ2) is 7.57. The summed E-state index contributed by atoms with van der Waals surface area (Å²) in [6.45, 7) is 5.66. The lowest BCUT2D eigenvalue weighted by atomic mass is 10.2. The van der Waals surface area contributed by atoms with Gasteiger partial charge in [0.05, 0.1) is 11.5 Å². The Bertz CT molecular complexity index is 851. The quantitative estimate of drug-likeness (QED) is 0.641. The van der Waals surface area contributed by atoms with Gasteiger partial charge in [0.1, 0.15) is 0 Å². The van der Waals surface area contributed by atoms with E-state index < -0.39 is 0 Å². The predicted molar refractivity (Wildman–Crippen MR) is 99.7 cm³/mol. The van der Waals surface area contributed by atoms with Crippen LogP contribution in [0.15, 0.2) is 46.5 Å². The zero-order chi connectivity index (χ0) is 17.1. The van der Waals surface area contributed by atoms with Gasteiger partial charge in [0.2, 0.25) is 0 Å². The standard InChI is InChI=1S/C17H19N5OS2/c24-17-22(19-16(23-17)15-4-2-10-25-15)13-21-8-6-20(7-9-21)12-14-3-1-5-18-11-14/h1-5,10-11H,6-9,12-13H2. The summed E-state index contributed by atoms with van der Waals surface area (Å²) in [6.07, 6.45) is 3.75. The monoisotopic (exact) mass is 373 g/mol. The van der Waals surface area contributed by atoms with E-state index >= 15 is 0 Å². The molecule has 4 rings (SSSR count). The van der Waals surface area contributed by atoms with Crippen molar-refractivity contribution in [2.75, 3.05) is 26.2 Å². The zero-order valence-electron chi connectivity index (χ0n) is 13.7. The first-order chi connectivity index (χ1) is 12.3. The number of hydrogen-bond donors (Lipinski definition) is 0. The number of thiophene rings is 1. The number of rotatable bonds is 5. The molecule has 1 aliphatic heterocycles. The van der Waals surface area contributed by atoms with Crippen molar-refractivity contribution in [2.45, 2.75) is 13.2 Å². The Hall–Kier alpha value is -1.87. The van der Waals surface area contributed by atoms with Gasteiger partial charge in [-0.2, -0.15) is 0 Å². The van der Waals surface area contributed by atoms with Gasteiger partial charge < -0.3 is 4.42 Å². The first-order valence-electron chi connectivity index (χ1n) is 8.23. The Balaban J connectivity index is 1.34. The Morgan fingerprint density at radius 3 is 2.68 bits per heavy atom. The summed E-state index contributed by atoms with van der Waals surface area (Å²) < 4.78 is 7.41. The summed E-state index contributed by atoms with van der Waals surface area (Å²) in [4.78, 5) is 10.4. The van der Waals surface area contributed by atoms with Crippen LogP contribution < -0.4 is 0 Å². The number of pyridine rings is 1. The molecular formula is C17H19N5OS2. The van der Waals surface area contributed by atoms with Crippen molar-refractivity contribution >= 4 is 23.6 Å². The third-order valence-electron chi connectivity index (χ3n) is 4.27. The highest BCUT2D eigenvalue weighted by Crippen LogP contribution is 2.23. The maximum atomic E-state index is 5.63. The molecule has 0 saturated carbocycles. The number of piperazine rings is 1. The van der Waals surface area contributed by atoms with Crippen LogP contribution in [-0.4, -0.2) is 50.7 Å². The van der Waals surface area contributed by atoms with Gasteiger partial charge in [0.15, 0.2) is 0 Å². The second-order valence-electron chi connectivity index (χ2n) is 6.05. The van der Waals surface area contributed by atoms with E-state index in [1.807, 2.05) is 36.0 Å². The van der Waals surface area contributed by atoms with Gasteiger partial charge in [0, 0.05) is 45.1 Å². The molecule has 0 radical (unpaired) electrons. The minimum atomic E-state index is 0.432. The lowest BCUT2D eigenvalue weighted by molar-refractivity contribution is 0.0973. The van der Waals surface area contributed by atoms with Crippen LogP contribution >= 0.6 is 23.6 Å². The minimum absolute atomic E-state index is 0.432. The maximum Gasteiger partial charge on any atom is 0.288 e. The van der Waals surface area contributed by atoms with Crippen LogP contribution in [0.4, 0.5) is 0 Å². The van der Waals surface area contributed by atoms with E-state index in [0.29, 0.717) is 17.4 Å². The fourth-order valence-electron chi connectivity index (χ4n) is 2.92. The van der Waals surface area contributed by atoms with Crippen molar-refractivity contribution < 1.29 is 4.42 Å². The topological polar surface area (TPSA) is 50.3 Å². The average molecular weight is 374 g/mol. The Kier molecular flexibility index (Phi) is 5.02. The van der Waals surface area contributed by atoms with Gasteiger partial charge in [-0.1, -0.05) is 12.1 Å². The van der Waals surface area contributed by atoms with Crippen LogP contribution in [0.25, 0.3) is 10.8 Å². The van der Waals surface area contributed by atoms with E-state index in [9.17, 15) is 0 Å². The molecule has 6 nitrogen and oxygen atoms in total. The van der Waals surface area contributed by atoms with Crippen LogP contribution in [0.3, 0.4) is 0 Å². The lowest BCUT2D eigenvalue weighted by Crippen LogP contribution is -2.46. The molecule has 25 heavy (non-hydrogen) atoms. The van der Waals surface area contributed by atoms with Crippen molar-refractivity contribution in [3.63, 3.8) is 0 Å². The van der Waals surface area contributed by atoms with E-state index in [2.05, 4.69) is 25.9 Å². The van der Waals surface area contributed by atoms with Gasteiger partial charge in [-0.3, -0.25) is 14.8 Å². The van der Waals surface area contributed by atoms with Gasteiger partial charge in [-0.05, 0) is 35.3 Å². The molecule has 0 N–H and O–H groups in total. The van der Waals surface area contributed by atoms with E-state index in [4.69, 9.17) is 16.6 Å². The molecule has 0 amide bonds. The van der Waals surface area contributed by atoms with E-state index in [1.54, 1.807) is 16.0 Å². The third-order valence-corrected chi connectivity index (χ3v) is 5.42. The highest BCUT2D eigenvalue weighted by atomic mass is 32.1. The SMILES string of the molecule is S=c1oc(-c2cccs2)nn1CN1CCN(Cc2cccnc2)CC1. The number of nitrogens with zero attached hydrogens (tertiary/aromatic N) is 5. The van der Waals surface area contributed by atoms with Gasteiger partial charge in [-0.15, -0.1) is 16.4 Å². The summed E-state index contributed by atoms with van der Waals surface area (Å²) in [5, 5.41) is 6.53. The summed E-state index contributed by atoms with van der Waals surface area (Å²) >= 11 is 6.92. The highest BCUT2D eigenvalue weighted by Gasteiger charge is 2.19. The molecule has 1 saturated heterocycles. The van der Waals surface area contributed by atoms with Crippen LogP contribution in [0.2, 0.25) is 0 Å². The summed E-state index contributed by atoms with van der Waals surface area (Å²) in [5.41, 5.74) is 1.26. The molecule has 1 aliphatic rings. The van der Waals surface area contributed by atoms with Crippen LogP contribution in [0.5, 0.6) is 0 Å². The van der Waals surface area contributed by atoms with Crippen LogP contribution in [0, 0.1) is 4.84 Å². The molecule has 0 atom stereocenters. The second-order valence-corrected chi connectivity index (χ2v) is 7.34. The molecule has 0 aliphatic carbocycles. The molecule has 0 unspecified atom stereocenters. The highest BCUT2D eigenvalue weighted by molar-refractivity contribution is 7.71. The average Bonchev–Trinajstić information content (AvgIpc) is 3.28. The van der Waals surface area contributed by atoms with Crippen molar-refractivity contribution in [3.8, 4) is 10.8 Å². The van der Waals surface area contributed by atoms with E-state index in [-0.39, 0.29) is 0 Å². The van der Waals surface area contributed by atoms with Gasteiger partial charge >= 0.3 is 0 Å². The molecule has 130 valence electrons. The number of hydrogen-bond acceptors (Lipinski definition) is 7. The third kappa shape index (κ3) is 4.04.